The van der Waals surface area contributed by atoms with E-state index < -0.39 is 0 Å². The zero-order chi connectivity index (χ0) is 10.1. The number of hydrogen-bond donors (Lipinski definition) is 0. The van der Waals surface area contributed by atoms with Gasteiger partial charge in [-0.25, -0.2) is 0 Å². The largest absolute Gasteiger partial charge is 0.103 e. The first kappa shape index (κ1) is 12.5. The predicted octanol–water partition coefficient (Wildman–Crippen LogP) is 4.73. The maximum Gasteiger partial charge on any atom is -0.0202 e. The predicted molar refractivity (Wildman–Crippen MR) is 61.9 cm³/mol. The minimum Gasteiger partial charge on any atom is -0.103 e. The van der Waals surface area contributed by atoms with E-state index in [0.29, 0.717) is 5.92 Å². The van der Waals surface area contributed by atoms with Gasteiger partial charge in [0.25, 0.3) is 0 Å². The molecule has 76 valence electrons. The smallest absolute Gasteiger partial charge is 0.0202 e. The Kier molecular flexibility index (Phi) is 7.77. The van der Waals surface area contributed by atoms with Crippen LogP contribution in [0.2, 0.25) is 0 Å². The molecule has 0 fully saturated rings. The number of unbranched alkanes of at least 4 members (excludes halogenated alkanes) is 2. The summed E-state index contributed by atoms with van der Waals surface area (Å²) >= 11 is 0. The lowest BCUT2D eigenvalue weighted by atomic mass is 9.97. The molecule has 0 aliphatic heterocycles. The molecule has 0 aliphatic carbocycles. The maximum absolute atomic E-state index is 3.85. The molecular formula is C13H24. The second-order valence-electron chi connectivity index (χ2n) is 3.80. The van der Waals surface area contributed by atoms with Crippen molar-refractivity contribution in [3.05, 3.63) is 24.3 Å². The van der Waals surface area contributed by atoms with Crippen LogP contribution in [-0.2, 0) is 0 Å². The molecule has 0 spiro atoms. The highest BCUT2D eigenvalue weighted by Crippen LogP contribution is 2.16. The van der Waals surface area contributed by atoms with Crippen molar-refractivity contribution in [1.29, 1.82) is 0 Å². The van der Waals surface area contributed by atoms with Gasteiger partial charge in [0.2, 0.25) is 0 Å². The third kappa shape index (κ3) is 6.62. The molecule has 0 aliphatic rings. The summed E-state index contributed by atoms with van der Waals surface area (Å²) in [6.07, 6.45) is 10.7. The quantitative estimate of drug-likeness (QED) is 0.392. The molecule has 0 radical (unpaired) electrons. The molecular weight excluding hydrogens is 156 g/mol. The lowest BCUT2D eigenvalue weighted by molar-refractivity contribution is 0.619. The number of hydrogen-bond acceptors (Lipinski definition) is 0. The first-order valence-corrected chi connectivity index (χ1v) is 5.52. The van der Waals surface area contributed by atoms with Gasteiger partial charge < -0.3 is 0 Å². The molecule has 13 heavy (non-hydrogen) atoms. The van der Waals surface area contributed by atoms with Crippen LogP contribution in [0.15, 0.2) is 24.3 Å². The van der Waals surface area contributed by atoms with E-state index in [2.05, 4.69) is 39.5 Å². The van der Waals surface area contributed by atoms with Gasteiger partial charge in [-0.2, -0.15) is 0 Å². The molecule has 1 atom stereocenters. The summed E-state index contributed by atoms with van der Waals surface area (Å²) in [6, 6.07) is 0. The lowest BCUT2D eigenvalue weighted by Gasteiger charge is -2.09. The molecule has 0 aromatic rings. The third-order valence-corrected chi connectivity index (χ3v) is 2.49. The van der Waals surface area contributed by atoms with Gasteiger partial charge in [-0.05, 0) is 32.1 Å². The summed E-state index contributed by atoms with van der Waals surface area (Å²) in [5, 5.41) is 0. The van der Waals surface area contributed by atoms with E-state index >= 15 is 0 Å². The highest BCUT2D eigenvalue weighted by atomic mass is 14.1. The molecule has 0 rings (SSSR count). The molecule has 0 aromatic carbocycles. The second kappa shape index (κ2) is 8.10. The van der Waals surface area contributed by atoms with Crippen LogP contribution in [0, 0.1) is 5.92 Å². The van der Waals surface area contributed by atoms with Crippen LogP contribution in [0.5, 0.6) is 0 Å². The van der Waals surface area contributed by atoms with E-state index in [0.717, 1.165) is 0 Å². The highest BCUT2D eigenvalue weighted by Gasteiger charge is 2.00. The lowest BCUT2D eigenvalue weighted by Crippen LogP contribution is -1.94. The van der Waals surface area contributed by atoms with Crippen molar-refractivity contribution in [2.75, 3.05) is 0 Å². The Morgan fingerprint density at radius 2 is 2.08 bits per heavy atom. The first-order chi connectivity index (χ1) is 6.24. The van der Waals surface area contributed by atoms with Crippen molar-refractivity contribution in [2.45, 2.75) is 52.9 Å². The topological polar surface area (TPSA) is 0 Å². The van der Waals surface area contributed by atoms with Crippen LogP contribution in [0.1, 0.15) is 52.9 Å². The molecule has 0 saturated carbocycles. The van der Waals surface area contributed by atoms with Crippen LogP contribution in [0.25, 0.3) is 0 Å². The van der Waals surface area contributed by atoms with Crippen LogP contribution in [-0.4, -0.2) is 0 Å². The van der Waals surface area contributed by atoms with Crippen LogP contribution in [0.4, 0.5) is 0 Å². The minimum atomic E-state index is 0.679. The van der Waals surface area contributed by atoms with Gasteiger partial charge in [0.15, 0.2) is 0 Å². The van der Waals surface area contributed by atoms with Crippen molar-refractivity contribution in [3.63, 3.8) is 0 Å². The van der Waals surface area contributed by atoms with E-state index in [1.165, 1.54) is 37.7 Å². The van der Waals surface area contributed by atoms with E-state index in [1.807, 2.05) is 0 Å². The summed E-state index contributed by atoms with van der Waals surface area (Å²) in [5.74, 6) is 0.679. The summed E-state index contributed by atoms with van der Waals surface area (Å²) in [4.78, 5) is 0. The van der Waals surface area contributed by atoms with Gasteiger partial charge in [-0.3, -0.25) is 0 Å². The van der Waals surface area contributed by atoms with E-state index in [1.54, 1.807) is 0 Å². The number of allylic oxidation sites excluding steroid dienone is 3. The molecule has 0 bridgehead atoms. The van der Waals surface area contributed by atoms with Crippen LogP contribution < -0.4 is 0 Å². The molecule has 0 heterocycles. The van der Waals surface area contributed by atoms with Crippen LogP contribution in [0.3, 0.4) is 0 Å². The zero-order valence-electron chi connectivity index (χ0n) is 9.47. The first-order valence-electron chi connectivity index (χ1n) is 5.52. The van der Waals surface area contributed by atoms with Crippen molar-refractivity contribution in [2.24, 2.45) is 5.92 Å². The third-order valence-electron chi connectivity index (χ3n) is 2.49. The highest BCUT2D eigenvalue weighted by molar-refractivity contribution is 5.01. The van der Waals surface area contributed by atoms with Gasteiger partial charge in [-0.15, -0.1) is 6.58 Å². The van der Waals surface area contributed by atoms with Gasteiger partial charge >= 0.3 is 0 Å². The van der Waals surface area contributed by atoms with E-state index in [4.69, 9.17) is 0 Å². The average Bonchev–Trinajstić information content (AvgIpc) is 2.14. The Labute approximate surface area is 83.7 Å². The Morgan fingerprint density at radius 3 is 2.54 bits per heavy atom. The van der Waals surface area contributed by atoms with E-state index in [9.17, 15) is 0 Å². The second-order valence-corrected chi connectivity index (χ2v) is 3.80. The average molecular weight is 180 g/mol. The Morgan fingerprint density at radius 1 is 1.38 bits per heavy atom. The molecule has 0 amide bonds. The van der Waals surface area contributed by atoms with Gasteiger partial charge in [0.05, 0.1) is 0 Å². The normalized spacial score (nSPS) is 14.2. The van der Waals surface area contributed by atoms with Crippen LogP contribution >= 0.6 is 0 Å². The number of rotatable bonds is 7. The zero-order valence-corrected chi connectivity index (χ0v) is 9.47. The Hall–Kier alpha value is -0.520. The van der Waals surface area contributed by atoms with Crippen molar-refractivity contribution in [1.82, 2.24) is 0 Å². The maximum atomic E-state index is 3.85. The van der Waals surface area contributed by atoms with Gasteiger partial charge in [0, 0.05) is 0 Å². The molecule has 0 nitrogen and oxygen atoms in total. The standard InChI is InChI=1S/C13H24/c1-5-8-9-10-12(4)11-13(6-2)7-3/h6,10,13H,2,5,7-9,11H2,1,3-4H3. The fraction of sp³-hybridized carbons (Fsp3) is 0.692. The summed E-state index contributed by atoms with van der Waals surface area (Å²) < 4.78 is 0. The summed E-state index contributed by atoms with van der Waals surface area (Å²) in [7, 11) is 0. The fourth-order valence-electron chi connectivity index (χ4n) is 1.44. The summed E-state index contributed by atoms with van der Waals surface area (Å²) in [6.45, 7) is 10.6. The van der Waals surface area contributed by atoms with Gasteiger partial charge in [0.1, 0.15) is 0 Å². The van der Waals surface area contributed by atoms with Crippen molar-refractivity contribution < 1.29 is 0 Å². The van der Waals surface area contributed by atoms with E-state index in [-0.39, 0.29) is 0 Å². The molecule has 0 N–H and O–H groups in total. The monoisotopic (exact) mass is 180 g/mol. The Balaban J connectivity index is 3.75. The fourth-order valence-corrected chi connectivity index (χ4v) is 1.44. The molecule has 0 heteroatoms. The Bertz CT molecular complexity index is 153. The molecule has 0 aromatic heterocycles. The minimum absolute atomic E-state index is 0.679. The van der Waals surface area contributed by atoms with Crippen molar-refractivity contribution in [3.8, 4) is 0 Å². The van der Waals surface area contributed by atoms with Crippen molar-refractivity contribution >= 4 is 0 Å². The van der Waals surface area contributed by atoms with Gasteiger partial charge in [-0.1, -0.05) is 44.4 Å². The SMILES string of the molecule is C=CC(CC)CC(C)=CCCCC. The molecule has 0 saturated heterocycles. The molecule has 1 unspecified atom stereocenters. The summed E-state index contributed by atoms with van der Waals surface area (Å²) in [5.41, 5.74) is 1.53.